The quantitative estimate of drug-likeness (QED) is 0.437. The highest BCUT2D eigenvalue weighted by atomic mass is 16.5. The summed E-state index contributed by atoms with van der Waals surface area (Å²) in [5.41, 5.74) is 0.415. The van der Waals surface area contributed by atoms with Crippen molar-refractivity contribution >= 4 is 5.91 Å². The van der Waals surface area contributed by atoms with Crippen LogP contribution in [0.3, 0.4) is 0 Å². The van der Waals surface area contributed by atoms with Crippen LogP contribution < -0.4 is 0 Å². The molecular weight excluding hydrogens is 274 g/mol. The van der Waals surface area contributed by atoms with Gasteiger partial charge in [0.15, 0.2) is 0 Å². The summed E-state index contributed by atoms with van der Waals surface area (Å²) in [6.45, 7) is 9.77. The SMILES string of the molecule is C/C=C/CCCCC(C)(C)CCCCC(=O)N1CCOCC1. The van der Waals surface area contributed by atoms with Gasteiger partial charge in [0.1, 0.15) is 0 Å². The molecule has 3 heteroatoms. The Morgan fingerprint density at radius 1 is 1.09 bits per heavy atom. The number of rotatable bonds is 10. The van der Waals surface area contributed by atoms with Crippen molar-refractivity contribution in [2.45, 2.75) is 72.1 Å². The molecule has 22 heavy (non-hydrogen) atoms. The van der Waals surface area contributed by atoms with Crippen LogP contribution in [0.2, 0.25) is 0 Å². The number of hydrogen-bond donors (Lipinski definition) is 0. The van der Waals surface area contributed by atoms with Crippen molar-refractivity contribution < 1.29 is 9.53 Å². The van der Waals surface area contributed by atoms with Crippen molar-refractivity contribution in [3.8, 4) is 0 Å². The molecule has 0 bridgehead atoms. The summed E-state index contributed by atoms with van der Waals surface area (Å²) in [5.74, 6) is 0.312. The fourth-order valence-corrected chi connectivity index (χ4v) is 3.01. The minimum absolute atomic E-state index is 0.312. The maximum Gasteiger partial charge on any atom is 0.222 e. The van der Waals surface area contributed by atoms with Gasteiger partial charge in [0.25, 0.3) is 0 Å². The van der Waals surface area contributed by atoms with Crippen molar-refractivity contribution in [2.24, 2.45) is 5.41 Å². The van der Waals surface area contributed by atoms with E-state index in [-0.39, 0.29) is 0 Å². The third kappa shape index (κ3) is 8.57. The topological polar surface area (TPSA) is 29.5 Å². The third-order valence-corrected chi connectivity index (χ3v) is 4.57. The van der Waals surface area contributed by atoms with Crippen LogP contribution >= 0.6 is 0 Å². The molecule has 0 N–H and O–H groups in total. The van der Waals surface area contributed by atoms with Crippen LogP contribution in [0.15, 0.2) is 12.2 Å². The van der Waals surface area contributed by atoms with Gasteiger partial charge in [-0.1, -0.05) is 38.8 Å². The van der Waals surface area contributed by atoms with Crippen LogP contribution in [-0.4, -0.2) is 37.1 Å². The average molecular weight is 309 g/mol. The van der Waals surface area contributed by atoms with Crippen molar-refractivity contribution in [3.05, 3.63) is 12.2 Å². The van der Waals surface area contributed by atoms with Crippen LogP contribution in [0.5, 0.6) is 0 Å². The first kappa shape index (κ1) is 19.2. The van der Waals surface area contributed by atoms with E-state index in [4.69, 9.17) is 4.74 Å². The molecule has 0 aromatic carbocycles. The van der Waals surface area contributed by atoms with Gasteiger partial charge in [-0.2, -0.15) is 0 Å². The van der Waals surface area contributed by atoms with Crippen LogP contribution in [0.4, 0.5) is 0 Å². The van der Waals surface area contributed by atoms with Gasteiger partial charge in [-0.15, -0.1) is 0 Å². The smallest absolute Gasteiger partial charge is 0.222 e. The van der Waals surface area contributed by atoms with Crippen molar-refractivity contribution in [1.29, 1.82) is 0 Å². The number of carbonyl (C=O) groups is 1. The van der Waals surface area contributed by atoms with Crippen LogP contribution in [0, 0.1) is 5.41 Å². The van der Waals surface area contributed by atoms with Gasteiger partial charge >= 0.3 is 0 Å². The summed E-state index contributed by atoms with van der Waals surface area (Å²) < 4.78 is 5.28. The molecular formula is C19H35NO2. The molecule has 1 amide bonds. The number of carbonyl (C=O) groups excluding carboxylic acids is 1. The molecule has 0 saturated carbocycles. The van der Waals surface area contributed by atoms with Gasteiger partial charge in [0.05, 0.1) is 13.2 Å². The predicted molar refractivity (Wildman–Crippen MR) is 92.9 cm³/mol. The maximum absolute atomic E-state index is 12.1. The van der Waals surface area contributed by atoms with E-state index in [2.05, 4.69) is 32.9 Å². The number of unbranched alkanes of at least 4 members (excludes halogenated alkanes) is 3. The van der Waals surface area contributed by atoms with E-state index in [1.165, 1.54) is 32.1 Å². The predicted octanol–water partition coefficient (Wildman–Crippen LogP) is 4.57. The van der Waals surface area contributed by atoms with Gasteiger partial charge in [0, 0.05) is 19.5 Å². The molecule has 1 rings (SSSR count). The second kappa shape index (κ2) is 10.8. The molecule has 0 unspecified atom stereocenters. The number of morpholine rings is 1. The van der Waals surface area contributed by atoms with E-state index in [9.17, 15) is 4.79 Å². The molecule has 1 heterocycles. The second-order valence-corrected chi connectivity index (χ2v) is 7.18. The van der Waals surface area contributed by atoms with E-state index in [1.54, 1.807) is 0 Å². The molecule has 0 spiro atoms. The average Bonchev–Trinajstić information content (AvgIpc) is 2.52. The highest BCUT2D eigenvalue weighted by Gasteiger charge is 2.19. The first-order valence-corrected chi connectivity index (χ1v) is 9.02. The minimum Gasteiger partial charge on any atom is -0.378 e. The Balaban J connectivity index is 2.07. The Hall–Kier alpha value is -0.830. The summed E-state index contributed by atoms with van der Waals surface area (Å²) in [6, 6.07) is 0. The van der Waals surface area contributed by atoms with E-state index in [0.29, 0.717) is 31.0 Å². The highest BCUT2D eigenvalue weighted by molar-refractivity contribution is 5.76. The first-order valence-electron chi connectivity index (χ1n) is 9.02. The number of hydrogen-bond acceptors (Lipinski definition) is 2. The van der Waals surface area contributed by atoms with Gasteiger partial charge in [-0.3, -0.25) is 4.79 Å². The molecule has 0 aromatic rings. The van der Waals surface area contributed by atoms with Crippen molar-refractivity contribution in [3.63, 3.8) is 0 Å². The number of ether oxygens (including phenoxy) is 1. The van der Waals surface area contributed by atoms with E-state index < -0.39 is 0 Å². The van der Waals surface area contributed by atoms with Crippen LogP contribution in [0.25, 0.3) is 0 Å². The molecule has 128 valence electrons. The summed E-state index contributed by atoms with van der Waals surface area (Å²) in [6.07, 6.45) is 13.6. The second-order valence-electron chi connectivity index (χ2n) is 7.18. The zero-order chi connectivity index (χ0) is 16.3. The number of amides is 1. The molecule has 0 radical (unpaired) electrons. The fraction of sp³-hybridized carbons (Fsp3) is 0.842. The zero-order valence-electron chi connectivity index (χ0n) is 14.9. The van der Waals surface area contributed by atoms with Crippen molar-refractivity contribution in [2.75, 3.05) is 26.3 Å². The van der Waals surface area contributed by atoms with E-state index in [1.807, 2.05) is 4.90 Å². The van der Waals surface area contributed by atoms with Gasteiger partial charge in [0.2, 0.25) is 5.91 Å². The zero-order valence-corrected chi connectivity index (χ0v) is 14.9. The lowest BCUT2D eigenvalue weighted by Crippen LogP contribution is -2.40. The highest BCUT2D eigenvalue weighted by Crippen LogP contribution is 2.30. The van der Waals surface area contributed by atoms with E-state index >= 15 is 0 Å². The van der Waals surface area contributed by atoms with E-state index in [0.717, 1.165) is 25.9 Å². The summed E-state index contributed by atoms with van der Waals surface area (Å²) in [7, 11) is 0. The minimum atomic E-state index is 0.312. The first-order chi connectivity index (χ1) is 10.5. The molecule has 1 fully saturated rings. The van der Waals surface area contributed by atoms with Gasteiger partial charge < -0.3 is 9.64 Å². The molecule has 3 nitrogen and oxygen atoms in total. The van der Waals surface area contributed by atoms with Gasteiger partial charge in [-0.25, -0.2) is 0 Å². The Labute approximate surface area is 137 Å². The van der Waals surface area contributed by atoms with Crippen LogP contribution in [0.1, 0.15) is 72.1 Å². The number of allylic oxidation sites excluding steroid dienone is 2. The van der Waals surface area contributed by atoms with Gasteiger partial charge in [-0.05, 0) is 44.4 Å². The lowest BCUT2D eigenvalue weighted by Gasteiger charge is -2.27. The standard InChI is InChI=1S/C19H35NO2/c1-4-5-6-7-9-12-19(2,3)13-10-8-11-18(21)20-14-16-22-17-15-20/h4-5H,6-17H2,1-3H3/b5-4+. The Morgan fingerprint density at radius 3 is 2.36 bits per heavy atom. The summed E-state index contributed by atoms with van der Waals surface area (Å²) in [4.78, 5) is 14.0. The van der Waals surface area contributed by atoms with Crippen LogP contribution in [-0.2, 0) is 9.53 Å². The van der Waals surface area contributed by atoms with Crippen molar-refractivity contribution in [1.82, 2.24) is 4.90 Å². The monoisotopic (exact) mass is 309 g/mol. The molecule has 1 aliphatic heterocycles. The molecule has 0 atom stereocenters. The molecule has 0 aromatic heterocycles. The Morgan fingerprint density at radius 2 is 1.73 bits per heavy atom. The fourth-order valence-electron chi connectivity index (χ4n) is 3.01. The normalized spacial score (nSPS) is 16.4. The number of nitrogens with zero attached hydrogens (tertiary/aromatic N) is 1. The largest absolute Gasteiger partial charge is 0.378 e. The Bertz CT molecular complexity index is 330. The lowest BCUT2D eigenvalue weighted by molar-refractivity contribution is -0.135. The summed E-state index contributed by atoms with van der Waals surface area (Å²) >= 11 is 0. The Kier molecular flexibility index (Phi) is 9.45. The molecule has 1 aliphatic rings. The third-order valence-electron chi connectivity index (χ3n) is 4.57. The lowest BCUT2D eigenvalue weighted by atomic mass is 9.82. The summed E-state index contributed by atoms with van der Waals surface area (Å²) in [5, 5.41) is 0. The molecule has 1 saturated heterocycles. The molecule has 0 aliphatic carbocycles. The maximum atomic E-state index is 12.1.